The average Bonchev–Trinajstić information content (AvgIpc) is 2.57. The lowest BCUT2D eigenvalue weighted by atomic mass is 10.0. The van der Waals surface area contributed by atoms with Crippen LogP contribution < -0.4 is 10.6 Å². The van der Waals surface area contributed by atoms with E-state index >= 15 is 0 Å². The summed E-state index contributed by atoms with van der Waals surface area (Å²) in [5, 5.41) is 7.48. The van der Waals surface area contributed by atoms with Crippen molar-refractivity contribution in [1.82, 2.24) is 4.90 Å². The van der Waals surface area contributed by atoms with Crippen molar-refractivity contribution in [2.45, 2.75) is 6.42 Å². The third kappa shape index (κ3) is 3.39. The SMILES string of the molecule is N=C(N)N1CCN(c2ccc(Cc3ccccc3)cc2)CC1. The first kappa shape index (κ1) is 14.4. The smallest absolute Gasteiger partial charge is 0.188 e. The molecule has 114 valence electrons. The predicted molar refractivity (Wildman–Crippen MR) is 91.4 cm³/mol. The van der Waals surface area contributed by atoms with Crippen LogP contribution in [0.15, 0.2) is 54.6 Å². The number of nitrogens with zero attached hydrogens (tertiary/aromatic N) is 2. The van der Waals surface area contributed by atoms with E-state index in [1.807, 2.05) is 11.0 Å². The number of rotatable bonds is 3. The third-order valence-electron chi connectivity index (χ3n) is 4.17. The normalized spacial score (nSPS) is 14.9. The number of hydrogen-bond donors (Lipinski definition) is 2. The van der Waals surface area contributed by atoms with Crippen molar-refractivity contribution in [3.05, 3.63) is 65.7 Å². The van der Waals surface area contributed by atoms with E-state index in [2.05, 4.69) is 53.4 Å². The molecule has 1 fully saturated rings. The first-order valence-electron chi connectivity index (χ1n) is 7.69. The van der Waals surface area contributed by atoms with Crippen LogP contribution in [0, 0.1) is 5.41 Å². The van der Waals surface area contributed by atoms with Crippen molar-refractivity contribution in [3.63, 3.8) is 0 Å². The quantitative estimate of drug-likeness (QED) is 0.674. The molecule has 0 atom stereocenters. The van der Waals surface area contributed by atoms with Gasteiger partial charge in [-0.15, -0.1) is 0 Å². The maximum atomic E-state index is 7.48. The van der Waals surface area contributed by atoms with Gasteiger partial charge >= 0.3 is 0 Å². The van der Waals surface area contributed by atoms with E-state index in [-0.39, 0.29) is 5.96 Å². The average molecular weight is 294 g/mol. The topological polar surface area (TPSA) is 56.4 Å². The van der Waals surface area contributed by atoms with Crippen molar-refractivity contribution in [1.29, 1.82) is 5.41 Å². The van der Waals surface area contributed by atoms with Crippen molar-refractivity contribution >= 4 is 11.6 Å². The Labute approximate surface area is 131 Å². The van der Waals surface area contributed by atoms with Gasteiger partial charge in [0.2, 0.25) is 0 Å². The summed E-state index contributed by atoms with van der Waals surface area (Å²) in [4.78, 5) is 4.27. The zero-order valence-electron chi connectivity index (χ0n) is 12.7. The standard InChI is InChI=1S/C18H22N4/c19-18(20)22-12-10-21(11-13-22)17-8-6-16(7-9-17)14-15-4-2-1-3-5-15/h1-9H,10-14H2,(H3,19,20). The summed E-state index contributed by atoms with van der Waals surface area (Å²) >= 11 is 0. The molecule has 4 nitrogen and oxygen atoms in total. The number of nitrogens with two attached hydrogens (primary N) is 1. The van der Waals surface area contributed by atoms with Crippen LogP contribution >= 0.6 is 0 Å². The van der Waals surface area contributed by atoms with Crippen molar-refractivity contribution in [2.75, 3.05) is 31.1 Å². The molecule has 0 saturated carbocycles. The minimum absolute atomic E-state index is 0.179. The lowest BCUT2D eigenvalue weighted by molar-refractivity contribution is 0.380. The molecule has 1 aliphatic rings. The van der Waals surface area contributed by atoms with Gasteiger partial charge in [0.25, 0.3) is 0 Å². The summed E-state index contributed by atoms with van der Waals surface area (Å²) in [7, 11) is 0. The van der Waals surface area contributed by atoms with Crippen LogP contribution in [-0.2, 0) is 6.42 Å². The second kappa shape index (κ2) is 6.52. The summed E-state index contributed by atoms with van der Waals surface area (Å²) in [5.74, 6) is 0.179. The van der Waals surface area contributed by atoms with Gasteiger partial charge in [-0.2, -0.15) is 0 Å². The monoisotopic (exact) mass is 294 g/mol. The van der Waals surface area contributed by atoms with E-state index in [4.69, 9.17) is 11.1 Å². The number of guanidine groups is 1. The Balaban J connectivity index is 1.61. The Kier molecular flexibility index (Phi) is 4.28. The molecule has 22 heavy (non-hydrogen) atoms. The zero-order valence-corrected chi connectivity index (χ0v) is 12.7. The van der Waals surface area contributed by atoms with Gasteiger partial charge in [0.1, 0.15) is 0 Å². The largest absolute Gasteiger partial charge is 0.370 e. The van der Waals surface area contributed by atoms with Gasteiger partial charge < -0.3 is 15.5 Å². The van der Waals surface area contributed by atoms with E-state index in [9.17, 15) is 0 Å². The van der Waals surface area contributed by atoms with Gasteiger partial charge in [0.15, 0.2) is 5.96 Å². The molecule has 3 N–H and O–H groups in total. The van der Waals surface area contributed by atoms with Crippen molar-refractivity contribution in [2.24, 2.45) is 5.73 Å². The molecule has 1 heterocycles. The van der Waals surface area contributed by atoms with Crippen LogP contribution in [0.1, 0.15) is 11.1 Å². The molecule has 1 aliphatic heterocycles. The molecule has 3 rings (SSSR count). The van der Waals surface area contributed by atoms with Crippen molar-refractivity contribution < 1.29 is 0 Å². The molecular formula is C18H22N4. The molecule has 4 heteroatoms. The van der Waals surface area contributed by atoms with E-state index in [1.165, 1.54) is 16.8 Å². The Morgan fingerprint density at radius 3 is 2.05 bits per heavy atom. The van der Waals surface area contributed by atoms with Crippen LogP contribution in [0.25, 0.3) is 0 Å². The fraction of sp³-hybridized carbons (Fsp3) is 0.278. The molecule has 0 radical (unpaired) electrons. The Bertz CT molecular complexity index is 613. The fourth-order valence-electron chi connectivity index (χ4n) is 2.86. The minimum atomic E-state index is 0.179. The highest BCUT2D eigenvalue weighted by Crippen LogP contribution is 2.18. The summed E-state index contributed by atoms with van der Waals surface area (Å²) in [6, 6.07) is 19.3. The van der Waals surface area contributed by atoms with Gasteiger partial charge in [-0.05, 0) is 29.7 Å². The molecule has 0 spiro atoms. The second-order valence-corrected chi connectivity index (χ2v) is 5.69. The Morgan fingerprint density at radius 2 is 1.45 bits per heavy atom. The van der Waals surface area contributed by atoms with Gasteiger partial charge in [-0.25, -0.2) is 0 Å². The lowest BCUT2D eigenvalue weighted by Gasteiger charge is -2.36. The van der Waals surface area contributed by atoms with Crippen LogP contribution in [0.5, 0.6) is 0 Å². The highest BCUT2D eigenvalue weighted by Gasteiger charge is 2.17. The van der Waals surface area contributed by atoms with Gasteiger partial charge in [0.05, 0.1) is 0 Å². The second-order valence-electron chi connectivity index (χ2n) is 5.69. The van der Waals surface area contributed by atoms with E-state index in [1.54, 1.807) is 0 Å². The molecule has 0 bridgehead atoms. The molecule has 0 unspecified atom stereocenters. The molecule has 2 aromatic carbocycles. The molecule has 2 aromatic rings. The third-order valence-corrected chi connectivity index (χ3v) is 4.17. The number of hydrogen-bond acceptors (Lipinski definition) is 2. The summed E-state index contributed by atoms with van der Waals surface area (Å²) in [5.41, 5.74) is 9.45. The lowest BCUT2D eigenvalue weighted by Crippen LogP contribution is -2.50. The van der Waals surface area contributed by atoms with Crippen LogP contribution in [0.4, 0.5) is 5.69 Å². The van der Waals surface area contributed by atoms with E-state index < -0.39 is 0 Å². The number of piperazine rings is 1. The highest BCUT2D eigenvalue weighted by atomic mass is 15.3. The summed E-state index contributed by atoms with van der Waals surface area (Å²) in [6.07, 6.45) is 0.971. The predicted octanol–water partition coefficient (Wildman–Crippen LogP) is 2.29. The van der Waals surface area contributed by atoms with Crippen molar-refractivity contribution in [3.8, 4) is 0 Å². The maximum Gasteiger partial charge on any atom is 0.188 e. The van der Waals surface area contributed by atoms with Gasteiger partial charge in [-0.1, -0.05) is 42.5 Å². The number of anilines is 1. The van der Waals surface area contributed by atoms with E-state index in [0.29, 0.717) is 0 Å². The van der Waals surface area contributed by atoms with Crippen LogP contribution in [0.3, 0.4) is 0 Å². The fourth-order valence-corrected chi connectivity index (χ4v) is 2.86. The van der Waals surface area contributed by atoms with Crippen LogP contribution in [0.2, 0.25) is 0 Å². The van der Waals surface area contributed by atoms with Gasteiger partial charge in [0, 0.05) is 31.9 Å². The van der Waals surface area contributed by atoms with Gasteiger partial charge in [-0.3, -0.25) is 5.41 Å². The molecule has 1 saturated heterocycles. The van der Waals surface area contributed by atoms with Crippen LogP contribution in [-0.4, -0.2) is 37.0 Å². The first-order valence-corrected chi connectivity index (χ1v) is 7.69. The Hall–Kier alpha value is -2.49. The molecular weight excluding hydrogens is 272 g/mol. The summed E-state index contributed by atoms with van der Waals surface area (Å²) in [6.45, 7) is 3.47. The number of nitrogens with one attached hydrogen (secondary N) is 1. The maximum absolute atomic E-state index is 7.48. The molecule has 0 amide bonds. The molecule has 0 aromatic heterocycles. The van der Waals surface area contributed by atoms with E-state index in [0.717, 1.165) is 32.6 Å². The minimum Gasteiger partial charge on any atom is -0.370 e. The molecule has 0 aliphatic carbocycles. The zero-order chi connectivity index (χ0) is 15.4. The highest BCUT2D eigenvalue weighted by molar-refractivity contribution is 5.75. The summed E-state index contributed by atoms with van der Waals surface area (Å²) < 4.78 is 0. The Morgan fingerprint density at radius 1 is 0.864 bits per heavy atom. The number of benzene rings is 2. The first-order chi connectivity index (χ1) is 10.7.